The van der Waals surface area contributed by atoms with Crippen LogP contribution >= 0.6 is 11.6 Å². The van der Waals surface area contributed by atoms with Crippen molar-refractivity contribution in [3.63, 3.8) is 0 Å². The largest absolute Gasteiger partial charge is 0.418 e. The Labute approximate surface area is 150 Å². The van der Waals surface area contributed by atoms with Crippen molar-refractivity contribution in [2.45, 2.75) is 6.18 Å². The van der Waals surface area contributed by atoms with Gasteiger partial charge in [-0.2, -0.15) is 23.3 Å². The molecule has 3 aromatic rings. The average Bonchev–Trinajstić information content (AvgIpc) is 2.58. The van der Waals surface area contributed by atoms with Crippen LogP contribution in [0.1, 0.15) is 5.56 Å². The maximum Gasteiger partial charge on any atom is 0.418 e. The number of para-hydroxylation sites is 1. The minimum Gasteiger partial charge on any atom is -0.339 e. The van der Waals surface area contributed by atoms with Crippen molar-refractivity contribution >= 4 is 34.7 Å². The third-order valence-corrected chi connectivity index (χ3v) is 3.52. The quantitative estimate of drug-likeness (QED) is 0.608. The molecule has 0 unspecified atom stereocenters. The summed E-state index contributed by atoms with van der Waals surface area (Å²) < 4.78 is 52.3. The standard InChI is InChI=1S/C16H10ClF4N5/c17-11-7-9(5-6-12(11)18)23-14-8-22-26-15(25-14)24-13-4-2-1-3-10(13)16(19,20)21/h1-8H,(H2,23,24,25,26). The summed E-state index contributed by atoms with van der Waals surface area (Å²) in [5, 5.41) is 12.6. The van der Waals surface area contributed by atoms with Gasteiger partial charge in [0.25, 0.3) is 0 Å². The number of nitrogens with zero attached hydrogens (tertiary/aromatic N) is 3. The molecule has 0 fully saturated rings. The molecular formula is C16H10ClF4N5. The number of halogens is 5. The maximum absolute atomic E-state index is 13.2. The topological polar surface area (TPSA) is 62.7 Å². The molecular weight excluding hydrogens is 374 g/mol. The molecule has 1 aromatic heterocycles. The minimum absolute atomic E-state index is 0.0885. The number of hydrogen-bond acceptors (Lipinski definition) is 5. The van der Waals surface area contributed by atoms with Gasteiger partial charge in [0.2, 0.25) is 5.95 Å². The highest BCUT2D eigenvalue weighted by molar-refractivity contribution is 6.31. The molecule has 0 amide bonds. The van der Waals surface area contributed by atoms with Crippen LogP contribution < -0.4 is 10.6 Å². The first-order valence-electron chi connectivity index (χ1n) is 7.18. The Morgan fingerprint density at radius 1 is 1.00 bits per heavy atom. The highest BCUT2D eigenvalue weighted by Crippen LogP contribution is 2.35. The van der Waals surface area contributed by atoms with Crippen LogP contribution in [0.2, 0.25) is 5.02 Å². The highest BCUT2D eigenvalue weighted by Gasteiger charge is 2.33. The zero-order valence-electron chi connectivity index (χ0n) is 12.9. The molecule has 0 aliphatic carbocycles. The Balaban J connectivity index is 1.83. The van der Waals surface area contributed by atoms with E-state index in [4.69, 9.17) is 11.6 Å². The van der Waals surface area contributed by atoms with Crippen LogP contribution in [-0.4, -0.2) is 15.2 Å². The Morgan fingerprint density at radius 2 is 1.77 bits per heavy atom. The summed E-state index contributed by atoms with van der Waals surface area (Å²) in [5.41, 5.74) is -0.630. The van der Waals surface area contributed by atoms with Crippen molar-refractivity contribution in [1.82, 2.24) is 15.2 Å². The highest BCUT2D eigenvalue weighted by atomic mass is 35.5. The first-order chi connectivity index (χ1) is 12.3. The van der Waals surface area contributed by atoms with E-state index in [9.17, 15) is 17.6 Å². The molecule has 134 valence electrons. The van der Waals surface area contributed by atoms with E-state index in [-0.39, 0.29) is 22.5 Å². The molecule has 26 heavy (non-hydrogen) atoms. The molecule has 0 atom stereocenters. The zero-order valence-corrected chi connectivity index (χ0v) is 13.6. The molecule has 1 heterocycles. The molecule has 0 aliphatic heterocycles. The van der Waals surface area contributed by atoms with E-state index in [1.807, 2.05) is 0 Å². The molecule has 0 spiro atoms. The van der Waals surface area contributed by atoms with E-state index in [1.54, 1.807) is 0 Å². The van der Waals surface area contributed by atoms with Crippen LogP contribution in [-0.2, 0) is 6.18 Å². The van der Waals surface area contributed by atoms with Crippen LogP contribution in [0.15, 0.2) is 48.7 Å². The number of benzene rings is 2. The third kappa shape index (κ3) is 4.17. The number of alkyl halides is 3. The Hall–Kier alpha value is -2.94. The first kappa shape index (κ1) is 17.9. The van der Waals surface area contributed by atoms with Crippen molar-refractivity contribution in [3.05, 3.63) is 65.1 Å². The normalized spacial score (nSPS) is 11.3. The van der Waals surface area contributed by atoms with Gasteiger partial charge >= 0.3 is 6.18 Å². The molecule has 0 saturated carbocycles. The molecule has 0 radical (unpaired) electrons. The van der Waals surface area contributed by atoms with Crippen molar-refractivity contribution in [1.29, 1.82) is 0 Å². The molecule has 0 bridgehead atoms. The van der Waals surface area contributed by atoms with E-state index in [0.717, 1.165) is 12.1 Å². The van der Waals surface area contributed by atoms with Crippen molar-refractivity contribution in [2.24, 2.45) is 0 Å². The summed E-state index contributed by atoms with van der Waals surface area (Å²) in [4.78, 5) is 4.04. The van der Waals surface area contributed by atoms with Gasteiger partial charge in [-0.25, -0.2) is 4.39 Å². The molecule has 0 aliphatic rings. The lowest BCUT2D eigenvalue weighted by molar-refractivity contribution is -0.136. The van der Waals surface area contributed by atoms with Crippen LogP contribution in [0.4, 0.5) is 40.7 Å². The van der Waals surface area contributed by atoms with Gasteiger partial charge in [-0.3, -0.25) is 0 Å². The molecule has 10 heteroatoms. The van der Waals surface area contributed by atoms with Gasteiger partial charge in [-0.1, -0.05) is 23.7 Å². The summed E-state index contributed by atoms with van der Waals surface area (Å²) in [6, 6.07) is 8.86. The summed E-state index contributed by atoms with van der Waals surface area (Å²) in [5.74, 6) is -0.529. The van der Waals surface area contributed by atoms with Gasteiger partial charge in [0.05, 0.1) is 22.5 Å². The predicted molar refractivity (Wildman–Crippen MR) is 89.2 cm³/mol. The molecule has 5 nitrogen and oxygen atoms in total. The zero-order chi connectivity index (χ0) is 18.7. The number of nitrogens with one attached hydrogen (secondary N) is 2. The molecule has 3 rings (SSSR count). The summed E-state index contributed by atoms with van der Waals surface area (Å²) in [6.07, 6.45) is -3.27. The van der Waals surface area contributed by atoms with Gasteiger partial charge in [0.1, 0.15) is 5.82 Å². The monoisotopic (exact) mass is 383 g/mol. The van der Waals surface area contributed by atoms with E-state index in [0.29, 0.717) is 5.69 Å². The summed E-state index contributed by atoms with van der Waals surface area (Å²) in [6.45, 7) is 0. The summed E-state index contributed by atoms with van der Waals surface area (Å²) in [7, 11) is 0. The van der Waals surface area contributed by atoms with Gasteiger partial charge in [-0.05, 0) is 30.3 Å². The van der Waals surface area contributed by atoms with E-state index in [1.165, 1.54) is 36.5 Å². The fourth-order valence-corrected chi connectivity index (χ4v) is 2.28. The maximum atomic E-state index is 13.2. The van der Waals surface area contributed by atoms with Crippen LogP contribution in [0.25, 0.3) is 0 Å². The Bertz CT molecular complexity index is 933. The molecule has 2 aromatic carbocycles. The lowest BCUT2D eigenvalue weighted by atomic mass is 10.1. The van der Waals surface area contributed by atoms with Crippen LogP contribution in [0.3, 0.4) is 0 Å². The van der Waals surface area contributed by atoms with Crippen LogP contribution in [0, 0.1) is 5.82 Å². The van der Waals surface area contributed by atoms with Crippen LogP contribution in [0.5, 0.6) is 0 Å². The van der Waals surface area contributed by atoms with Crippen molar-refractivity contribution < 1.29 is 17.6 Å². The smallest absolute Gasteiger partial charge is 0.339 e. The molecule has 2 N–H and O–H groups in total. The Morgan fingerprint density at radius 3 is 2.50 bits per heavy atom. The first-order valence-corrected chi connectivity index (χ1v) is 7.56. The number of anilines is 4. The Kier molecular flexibility index (Phi) is 4.90. The van der Waals surface area contributed by atoms with E-state index in [2.05, 4.69) is 25.8 Å². The second kappa shape index (κ2) is 7.12. The third-order valence-electron chi connectivity index (χ3n) is 3.23. The van der Waals surface area contributed by atoms with E-state index >= 15 is 0 Å². The van der Waals surface area contributed by atoms with Gasteiger partial charge in [0.15, 0.2) is 5.82 Å². The SMILES string of the molecule is Fc1ccc(Nc2cnnc(Nc3ccccc3C(F)(F)F)n2)cc1Cl. The minimum atomic E-state index is -4.53. The van der Waals surface area contributed by atoms with Crippen molar-refractivity contribution in [2.75, 3.05) is 10.6 Å². The lowest BCUT2D eigenvalue weighted by Crippen LogP contribution is -2.10. The number of rotatable bonds is 4. The van der Waals surface area contributed by atoms with Gasteiger partial charge < -0.3 is 10.6 Å². The number of aromatic nitrogens is 3. The second-order valence-corrected chi connectivity index (χ2v) is 5.49. The van der Waals surface area contributed by atoms with Gasteiger partial charge in [-0.15, -0.1) is 5.10 Å². The fourth-order valence-electron chi connectivity index (χ4n) is 2.10. The lowest BCUT2D eigenvalue weighted by Gasteiger charge is -2.13. The second-order valence-electron chi connectivity index (χ2n) is 5.09. The summed E-state index contributed by atoms with van der Waals surface area (Å²) >= 11 is 5.70. The average molecular weight is 384 g/mol. The molecule has 0 saturated heterocycles. The fraction of sp³-hybridized carbons (Fsp3) is 0.0625. The van der Waals surface area contributed by atoms with Gasteiger partial charge in [0, 0.05) is 5.69 Å². The van der Waals surface area contributed by atoms with Crippen molar-refractivity contribution in [3.8, 4) is 0 Å². The van der Waals surface area contributed by atoms with E-state index < -0.39 is 17.6 Å². The number of hydrogen-bond donors (Lipinski definition) is 2. The predicted octanol–water partition coefficient (Wildman–Crippen LogP) is 5.17.